The molecule has 1 aromatic heterocycles. The summed E-state index contributed by atoms with van der Waals surface area (Å²) >= 11 is 19.0. The molecule has 49 heavy (non-hydrogen) atoms. The van der Waals surface area contributed by atoms with E-state index in [0.29, 0.717) is 54.5 Å². The van der Waals surface area contributed by atoms with E-state index in [1.807, 2.05) is 12.1 Å². The molecule has 5 aromatic carbocycles. The predicted octanol–water partition coefficient (Wildman–Crippen LogP) is 8.09. The van der Waals surface area contributed by atoms with Gasteiger partial charge in [-0.05, 0) is 78.4 Å². The van der Waals surface area contributed by atoms with Gasteiger partial charge < -0.3 is 15.2 Å². The minimum absolute atomic E-state index is 0.0231. The zero-order valence-electron chi connectivity index (χ0n) is 25.6. The standard InChI is InChI=1S/C35H26Cl3N5O5S/c1-48-25-13-9-22(32(44)19-25)20-39-24-11-14-26(15-12-24)49(46,47)42-43-33(40-31-18-23(36)10-16-27(31)35(43)45)17-21-5-2-3-8-30(21)41-34-28(37)6-4-7-29(34)38/h2-16,18-20,41-42,44H,17H2,1H3. The van der Waals surface area contributed by atoms with Gasteiger partial charge in [-0.3, -0.25) is 9.79 Å². The summed E-state index contributed by atoms with van der Waals surface area (Å²) in [5.41, 5.74) is 2.31. The van der Waals surface area contributed by atoms with E-state index in [1.165, 1.54) is 55.8 Å². The van der Waals surface area contributed by atoms with Crippen molar-refractivity contribution in [2.45, 2.75) is 11.3 Å². The second kappa shape index (κ2) is 14.2. The Bertz CT molecular complexity index is 2380. The number of nitrogens with one attached hydrogen (secondary N) is 2. The van der Waals surface area contributed by atoms with Crippen LogP contribution in [0.1, 0.15) is 17.0 Å². The number of phenols is 1. The molecule has 0 amide bonds. The largest absolute Gasteiger partial charge is 0.507 e. The fraction of sp³-hybridized carbons (Fsp3) is 0.0571. The summed E-state index contributed by atoms with van der Waals surface area (Å²) in [5.74, 6) is 0.570. The monoisotopic (exact) mass is 733 g/mol. The zero-order valence-corrected chi connectivity index (χ0v) is 28.6. The molecule has 0 aliphatic carbocycles. The number of para-hydroxylation sites is 2. The third-order valence-corrected chi connectivity index (χ3v) is 9.62. The van der Waals surface area contributed by atoms with Crippen molar-refractivity contribution in [3.63, 3.8) is 0 Å². The molecule has 0 saturated carbocycles. The maximum absolute atomic E-state index is 13.8. The van der Waals surface area contributed by atoms with Gasteiger partial charge in [-0.2, -0.15) is 13.1 Å². The average Bonchev–Trinajstić information content (AvgIpc) is 3.08. The highest BCUT2D eigenvalue weighted by molar-refractivity contribution is 7.92. The summed E-state index contributed by atoms with van der Waals surface area (Å²) in [6.45, 7) is 0. The lowest BCUT2D eigenvalue weighted by molar-refractivity contribution is 0.407. The van der Waals surface area contributed by atoms with Crippen molar-refractivity contribution < 1.29 is 18.3 Å². The van der Waals surface area contributed by atoms with Crippen molar-refractivity contribution in [1.82, 2.24) is 9.66 Å². The Morgan fingerprint density at radius 3 is 2.37 bits per heavy atom. The van der Waals surface area contributed by atoms with Gasteiger partial charge in [-0.1, -0.05) is 59.1 Å². The van der Waals surface area contributed by atoms with Crippen LogP contribution in [0.4, 0.5) is 17.1 Å². The Labute approximate surface area is 296 Å². The van der Waals surface area contributed by atoms with Crippen LogP contribution in [0.5, 0.6) is 11.5 Å². The molecule has 0 saturated heterocycles. The smallest absolute Gasteiger partial charge is 0.280 e. The van der Waals surface area contributed by atoms with E-state index in [0.717, 1.165) is 4.68 Å². The maximum atomic E-state index is 13.8. The normalized spacial score (nSPS) is 11.6. The Balaban J connectivity index is 1.34. The molecule has 0 bridgehead atoms. The lowest BCUT2D eigenvalue weighted by Gasteiger charge is -2.18. The highest BCUT2D eigenvalue weighted by Crippen LogP contribution is 2.34. The van der Waals surface area contributed by atoms with Crippen LogP contribution >= 0.6 is 34.8 Å². The number of phenolic OH excluding ortho intramolecular Hbond substituents is 1. The molecule has 6 rings (SSSR count). The van der Waals surface area contributed by atoms with Gasteiger partial charge >= 0.3 is 0 Å². The van der Waals surface area contributed by atoms with E-state index in [2.05, 4.69) is 20.1 Å². The van der Waals surface area contributed by atoms with E-state index in [4.69, 9.17) is 39.5 Å². The van der Waals surface area contributed by atoms with Crippen LogP contribution in [-0.2, 0) is 16.4 Å². The van der Waals surface area contributed by atoms with E-state index >= 15 is 0 Å². The van der Waals surface area contributed by atoms with Gasteiger partial charge in [-0.25, -0.2) is 9.82 Å². The van der Waals surface area contributed by atoms with Crippen LogP contribution in [-0.4, -0.2) is 36.5 Å². The number of rotatable bonds is 10. The lowest BCUT2D eigenvalue weighted by atomic mass is 10.1. The number of ether oxygens (including phenoxy) is 1. The molecule has 0 radical (unpaired) electrons. The summed E-state index contributed by atoms with van der Waals surface area (Å²) in [6, 6.07) is 27.4. The number of aromatic nitrogens is 2. The second-order valence-corrected chi connectivity index (χ2v) is 13.6. The number of aliphatic imine (C=N–C) groups is 1. The van der Waals surface area contributed by atoms with Crippen LogP contribution in [0.2, 0.25) is 15.1 Å². The number of nitrogens with zero attached hydrogens (tertiary/aromatic N) is 3. The van der Waals surface area contributed by atoms with E-state index in [-0.39, 0.29) is 28.3 Å². The quantitative estimate of drug-likeness (QED) is 0.121. The topological polar surface area (TPSA) is 135 Å². The third kappa shape index (κ3) is 7.50. The molecule has 6 aromatic rings. The molecule has 1 heterocycles. The summed E-state index contributed by atoms with van der Waals surface area (Å²) in [4.78, 5) is 25.1. The van der Waals surface area contributed by atoms with Crippen LogP contribution in [0.25, 0.3) is 10.9 Å². The number of anilines is 2. The first kappa shape index (κ1) is 33.8. The number of sulfonamides is 1. The Hall–Kier alpha value is -5.07. The fourth-order valence-corrected chi connectivity index (χ4v) is 6.61. The second-order valence-electron chi connectivity index (χ2n) is 10.7. The van der Waals surface area contributed by atoms with Crippen LogP contribution in [0, 0.1) is 0 Å². The first-order valence-corrected chi connectivity index (χ1v) is 17.2. The molecule has 0 aliphatic rings. The van der Waals surface area contributed by atoms with E-state index in [9.17, 15) is 18.3 Å². The number of halogens is 3. The van der Waals surface area contributed by atoms with Crippen molar-refractivity contribution in [2.24, 2.45) is 4.99 Å². The van der Waals surface area contributed by atoms with Gasteiger partial charge in [0, 0.05) is 35.0 Å². The van der Waals surface area contributed by atoms with Gasteiger partial charge in [0.05, 0.1) is 44.3 Å². The minimum atomic E-state index is -4.30. The highest BCUT2D eigenvalue weighted by atomic mass is 35.5. The van der Waals surface area contributed by atoms with Crippen LogP contribution in [0.3, 0.4) is 0 Å². The molecule has 0 spiro atoms. The van der Waals surface area contributed by atoms with Gasteiger partial charge in [0.1, 0.15) is 17.3 Å². The Morgan fingerprint density at radius 1 is 0.918 bits per heavy atom. The van der Waals surface area contributed by atoms with Crippen molar-refractivity contribution in [1.29, 1.82) is 0 Å². The third-order valence-electron chi connectivity index (χ3n) is 7.44. The average molecular weight is 735 g/mol. The van der Waals surface area contributed by atoms with E-state index < -0.39 is 15.6 Å². The zero-order chi connectivity index (χ0) is 34.7. The molecule has 10 nitrogen and oxygen atoms in total. The van der Waals surface area contributed by atoms with Gasteiger partial charge in [0.25, 0.3) is 15.6 Å². The van der Waals surface area contributed by atoms with E-state index in [1.54, 1.807) is 48.5 Å². The molecule has 14 heteroatoms. The van der Waals surface area contributed by atoms with Crippen molar-refractivity contribution in [3.8, 4) is 11.5 Å². The van der Waals surface area contributed by atoms with Crippen LogP contribution < -0.4 is 20.4 Å². The van der Waals surface area contributed by atoms with Crippen molar-refractivity contribution in [2.75, 3.05) is 17.3 Å². The van der Waals surface area contributed by atoms with Gasteiger partial charge in [-0.15, -0.1) is 0 Å². The van der Waals surface area contributed by atoms with Gasteiger partial charge in [0.15, 0.2) is 0 Å². The molecule has 0 fully saturated rings. The first-order chi connectivity index (χ1) is 23.5. The molecule has 248 valence electrons. The fourth-order valence-electron chi connectivity index (χ4n) is 4.92. The molecule has 0 unspecified atom stereocenters. The molecular weight excluding hydrogens is 709 g/mol. The minimum Gasteiger partial charge on any atom is -0.507 e. The number of hydrogen-bond donors (Lipinski definition) is 3. The summed E-state index contributed by atoms with van der Waals surface area (Å²) in [5, 5.41) is 14.8. The summed E-state index contributed by atoms with van der Waals surface area (Å²) in [6.07, 6.45) is 1.47. The number of fused-ring (bicyclic) bond motifs is 1. The van der Waals surface area contributed by atoms with Crippen LogP contribution in [0.15, 0.2) is 118 Å². The highest BCUT2D eigenvalue weighted by Gasteiger charge is 2.21. The molecular formula is C35H26Cl3N5O5S. The number of aromatic hydroxyl groups is 1. The predicted molar refractivity (Wildman–Crippen MR) is 195 cm³/mol. The van der Waals surface area contributed by atoms with Gasteiger partial charge in [0.2, 0.25) is 0 Å². The Morgan fingerprint density at radius 2 is 1.65 bits per heavy atom. The molecule has 3 N–H and O–H groups in total. The number of hydrogen-bond acceptors (Lipinski definition) is 8. The number of benzene rings is 5. The Kier molecular flexibility index (Phi) is 9.79. The maximum Gasteiger partial charge on any atom is 0.280 e. The molecule has 0 atom stereocenters. The first-order valence-electron chi connectivity index (χ1n) is 14.6. The number of methoxy groups -OCH3 is 1. The van der Waals surface area contributed by atoms with Crippen molar-refractivity contribution in [3.05, 3.63) is 146 Å². The summed E-state index contributed by atoms with van der Waals surface area (Å²) in [7, 11) is -2.81. The summed E-state index contributed by atoms with van der Waals surface area (Å²) < 4.78 is 33.4. The van der Waals surface area contributed by atoms with Crippen molar-refractivity contribution >= 4 is 79.0 Å². The SMILES string of the molecule is COc1ccc(C=Nc2ccc(S(=O)(=O)Nn3c(Cc4ccccc4Nc4c(Cl)cccc4Cl)nc4cc(Cl)ccc4c3=O)cc2)c(O)c1. The molecule has 0 aliphatic heterocycles. The lowest BCUT2D eigenvalue weighted by Crippen LogP contribution is -2.36.